The van der Waals surface area contributed by atoms with Gasteiger partial charge in [-0.3, -0.25) is 0 Å². The van der Waals surface area contributed by atoms with Crippen LogP contribution in [0.2, 0.25) is 0 Å². The Morgan fingerprint density at radius 3 is 2.26 bits per heavy atom. The topological polar surface area (TPSA) is 35.5 Å². The predicted molar refractivity (Wildman–Crippen MR) is 78.5 cm³/mol. The van der Waals surface area contributed by atoms with Crippen molar-refractivity contribution in [2.24, 2.45) is 0 Å². The molecule has 0 aliphatic rings. The minimum Gasteiger partial charge on any atom is -0.497 e. The van der Waals surface area contributed by atoms with Crippen LogP contribution < -0.4 is 9.47 Å². The van der Waals surface area contributed by atoms with E-state index in [9.17, 15) is 18.0 Å². The average molecular weight is 324 g/mol. The highest BCUT2D eigenvalue weighted by Gasteiger charge is 2.34. The first-order valence-corrected chi connectivity index (χ1v) is 6.83. The van der Waals surface area contributed by atoms with Crippen molar-refractivity contribution in [3.63, 3.8) is 0 Å². The summed E-state index contributed by atoms with van der Waals surface area (Å²) in [6.07, 6.45) is -4.05. The Hall–Kier alpha value is -2.50. The summed E-state index contributed by atoms with van der Waals surface area (Å²) in [5.41, 5.74) is 0.130. The Morgan fingerprint density at radius 1 is 1.04 bits per heavy atom. The fourth-order valence-corrected chi connectivity index (χ4v) is 2.03. The Kier molecular flexibility index (Phi) is 5.26. The third-order valence-electron chi connectivity index (χ3n) is 3.22. The van der Waals surface area contributed by atoms with Gasteiger partial charge >= 0.3 is 6.18 Å². The molecule has 0 saturated heterocycles. The van der Waals surface area contributed by atoms with Gasteiger partial charge in [-0.25, -0.2) is 0 Å². The molecule has 0 aliphatic heterocycles. The van der Waals surface area contributed by atoms with Gasteiger partial charge in [0.05, 0.1) is 12.7 Å². The van der Waals surface area contributed by atoms with Gasteiger partial charge in [-0.1, -0.05) is 18.2 Å². The van der Waals surface area contributed by atoms with Crippen molar-refractivity contribution in [3.05, 3.63) is 59.2 Å². The lowest BCUT2D eigenvalue weighted by Crippen LogP contribution is -2.09. The van der Waals surface area contributed by atoms with Crippen LogP contribution in [0.5, 0.6) is 11.5 Å². The highest BCUT2D eigenvalue weighted by Crippen LogP contribution is 2.37. The van der Waals surface area contributed by atoms with E-state index in [1.54, 1.807) is 24.3 Å². The molecule has 6 heteroatoms. The molecule has 2 rings (SSSR count). The molecular weight excluding hydrogens is 309 g/mol. The van der Waals surface area contributed by atoms with E-state index in [-0.39, 0.29) is 18.8 Å². The van der Waals surface area contributed by atoms with Gasteiger partial charge in [0.1, 0.15) is 24.4 Å². The number of hydrogen-bond donors (Lipinski definition) is 0. The van der Waals surface area contributed by atoms with Gasteiger partial charge in [-0.2, -0.15) is 13.2 Å². The number of rotatable bonds is 6. The molecule has 0 N–H and O–H groups in total. The lowest BCUT2D eigenvalue weighted by molar-refractivity contribution is -0.139. The normalized spacial score (nSPS) is 11.1. The van der Waals surface area contributed by atoms with Crippen LogP contribution >= 0.6 is 0 Å². The van der Waals surface area contributed by atoms with Crippen LogP contribution in [0.15, 0.2) is 42.5 Å². The molecule has 0 saturated carbocycles. The summed E-state index contributed by atoms with van der Waals surface area (Å²) >= 11 is 0. The second-order valence-electron chi connectivity index (χ2n) is 4.84. The van der Waals surface area contributed by atoms with Crippen LogP contribution in [-0.4, -0.2) is 13.4 Å². The van der Waals surface area contributed by atoms with E-state index < -0.39 is 11.7 Å². The molecule has 3 nitrogen and oxygen atoms in total. The van der Waals surface area contributed by atoms with Gasteiger partial charge in [0.2, 0.25) is 0 Å². The summed E-state index contributed by atoms with van der Waals surface area (Å²) in [6, 6.07) is 10.5. The van der Waals surface area contributed by atoms with Crippen molar-refractivity contribution in [2.45, 2.75) is 19.2 Å². The third kappa shape index (κ3) is 4.48. The average Bonchev–Trinajstić information content (AvgIpc) is 2.53. The standard InChI is InChI=1S/C17H15F3O3/c1-22-14-5-2-13(3-6-14)11-23-16-7-4-12(8-9-21)10-15(16)17(18,19)20/h2-7,9-10H,8,11H2,1H3. The van der Waals surface area contributed by atoms with Crippen LogP contribution in [0.3, 0.4) is 0 Å². The molecule has 122 valence electrons. The van der Waals surface area contributed by atoms with Gasteiger partial charge in [0.25, 0.3) is 0 Å². The Morgan fingerprint density at radius 2 is 1.70 bits per heavy atom. The first-order valence-electron chi connectivity index (χ1n) is 6.83. The lowest BCUT2D eigenvalue weighted by Gasteiger charge is -2.15. The first kappa shape index (κ1) is 16.9. The number of alkyl halides is 3. The minimum atomic E-state index is -4.55. The molecule has 0 bridgehead atoms. The SMILES string of the molecule is COc1ccc(COc2ccc(CC=O)cc2C(F)(F)F)cc1. The van der Waals surface area contributed by atoms with Gasteiger partial charge < -0.3 is 14.3 Å². The predicted octanol–water partition coefficient (Wildman–Crippen LogP) is 4.03. The molecule has 2 aromatic carbocycles. The van der Waals surface area contributed by atoms with Crippen LogP contribution in [-0.2, 0) is 24.0 Å². The molecule has 0 amide bonds. The highest BCUT2D eigenvalue weighted by atomic mass is 19.4. The fourth-order valence-electron chi connectivity index (χ4n) is 2.03. The second-order valence-corrected chi connectivity index (χ2v) is 4.84. The molecule has 0 fully saturated rings. The molecule has 0 aliphatic carbocycles. The quantitative estimate of drug-likeness (QED) is 0.753. The smallest absolute Gasteiger partial charge is 0.419 e. The van der Waals surface area contributed by atoms with Crippen molar-refractivity contribution < 1.29 is 27.4 Å². The zero-order valence-corrected chi connectivity index (χ0v) is 12.4. The number of ether oxygens (including phenoxy) is 2. The van der Waals surface area contributed by atoms with Crippen LogP contribution in [0.4, 0.5) is 13.2 Å². The number of hydrogen-bond acceptors (Lipinski definition) is 3. The number of halogens is 3. The van der Waals surface area contributed by atoms with Crippen LogP contribution in [0.1, 0.15) is 16.7 Å². The number of carbonyl (C=O) groups is 1. The van der Waals surface area contributed by atoms with E-state index in [2.05, 4.69) is 0 Å². The minimum absolute atomic E-state index is 0.000101. The summed E-state index contributed by atoms with van der Waals surface area (Å²) < 4.78 is 49.6. The maximum absolute atomic E-state index is 13.1. The molecule has 0 aromatic heterocycles. The van der Waals surface area contributed by atoms with Crippen molar-refractivity contribution in [2.75, 3.05) is 7.11 Å². The largest absolute Gasteiger partial charge is 0.497 e. The first-order chi connectivity index (χ1) is 10.9. The Labute approximate surface area is 131 Å². The number of carbonyl (C=O) groups excluding carboxylic acids is 1. The summed E-state index contributed by atoms with van der Waals surface area (Å²) in [7, 11) is 1.53. The molecule has 23 heavy (non-hydrogen) atoms. The number of aldehydes is 1. The van der Waals surface area contributed by atoms with Gasteiger partial charge in [0.15, 0.2) is 0 Å². The maximum atomic E-state index is 13.1. The van der Waals surface area contributed by atoms with Crippen LogP contribution in [0.25, 0.3) is 0 Å². The Bertz CT molecular complexity index is 664. The van der Waals surface area contributed by atoms with E-state index >= 15 is 0 Å². The summed E-state index contributed by atoms with van der Waals surface area (Å²) in [6.45, 7) is 0.000101. The van der Waals surface area contributed by atoms with Gasteiger partial charge in [0, 0.05) is 6.42 Å². The molecule has 0 unspecified atom stereocenters. The zero-order chi connectivity index (χ0) is 16.9. The summed E-state index contributed by atoms with van der Waals surface area (Å²) in [5, 5.41) is 0. The van der Waals surface area contributed by atoms with Crippen molar-refractivity contribution in [3.8, 4) is 11.5 Å². The molecule has 2 aromatic rings. The Balaban J connectivity index is 2.19. The van der Waals surface area contributed by atoms with Crippen LogP contribution in [0, 0.1) is 0 Å². The van der Waals surface area contributed by atoms with E-state index in [1.165, 1.54) is 19.2 Å². The highest BCUT2D eigenvalue weighted by molar-refractivity contribution is 5.56. The van der Waals surface area contributed by atoms with Gasteiger partial charge in [-0.15, -0.1) is 0 Å². The van der Waals surface area contributed by atoms with Crippen molar-refractivity contribution >= 4 is 6.29 Å². The third-order valence-corrected chi connectivity index (χ3v) is 3.22. The van der Waals surface area contributed by atoms with Crippen molar-refractivity contribution in [1.29, 1.82) is 0 Å². The zero-order valence-electron chi connectivity index (χ0n) is 12.4. The fraction of sp³-hybridized carbons (Fsp3) is 0.235. The van der Waals surface area contributed by atoms with Gasteiger partial charge in [-0.05, 0) is 35.4 Å². The summed E-state index contributed by atoms with van der Waals surface area (Å²) in [4.78, 5) is 10.5. The number of methoxy groups -OCH3 is 1. The molecular formula is C17H15F3O3. The van der Waals surface area contributed by atoms with Crippen molar-refractivity contribution in [1.82, 2.24) is 0 Å². The molecule has 0 atom stereocenters. The second kappa shape index (κ2) is 7.17. The van der Waals surface area contributed by atoms with E-state index in [0.717, 1.165) is 11.6 Å². The number of benzene rings is 2. The maximum Gasteiger partial charge on any atom is 0.419 e. The molecule has 0 heterocycles. The van der Waals surface area contributed by atoms with E-state index in [4.69, 9.17) is 9.47 Å². The van der Waals surface area contributed by atoms with E-state index in [1.807, 2.05) is 0 Å². The monoisotopic (exact) mass is 324 g/mol. The molecule has 0 radical (unpaired) electrons. The van der Waals surface area contributed by atoms with E-state index in [0.29, 0.717) is 17.6 Å². The molecule has 0 spiro atoms. The lowest BCUT2D eigenvalue weighted by atomic mass is 10.1. The summed E-state index contributed by atoms with van der Waals surface area (Å²) in [5.74, 6) is 0.394.